The van der Waals surface area contributed by atoms with E-state index in [1.165, 1.54) is 28.0 Å². The lowest BCUT2D eigenvalue weighted by Gasteiger charge is -2.06. The Hall–Kier alpha value is -2.48. The van der Waals surface area contributed by atoms with E-state index in [1.807, 2.05) is 6.07 Å². The molecule has 0 amide bonds. The van der Waals surface area contributed by atoms with E-state index in [0.717, 1.165) is 29.2 Å². The molecule has 5 rings (SSSR count). The van der Waals surface area contributed by atoms with Crippen molar-refractivity contribution in [1.82, 2.24) is 0 Å². The highest BCUT2D eigenvalue weighted by atomic mass is 14.8. The van der Waals surface area contributed by atoms with Crippen molar-refractivity contribution in [3.05, 3.63) is 70.5 Å². The summed E-state index contributed by atoms with van der Waals surface area (Å²) in [4.78, 5) is 9.66. The highest BCUT2D eigenvalue weighted by molar-refractivity contribution is 5.84. The van der Waals surface area contributed by atoms with Crippen LogP contribution in [0.25, 0.3) is 16.7 Å². The molecule has 2 aromatic rings. The van der Waals surface area contributed by atoms with Crippen molar-refractivity contribution >= 4 is 11.3 Å². The molecule has 0 saturated heterocycles. The Bertz CT molecular complexity index is 946. The lowest BCUT2D eigenvalue weighted by atomic mass is 9.97. The van der Waals surface area contributed by atoms with Gasteiger partial charge in [-0.25, -0.2) is 9.98 Å². The predicted molar refractivity (Wildman–Crippen MR) is 79.1 cm³/mol. The summed E-state index contributed by atoms with van der Waals surface area (Å²) in [5, 5.41) is 2.11. The molecule has 1 aliphatic carbocycles. The van der Waals surface area contributed by atoms with Gasteiger partial charge in [-0.15, -0.1) is 0 Å². The van der Waals surface area contributed by atoms with Gasteiger partial charge in [0.15, 0.2) is 0 Å². The van der Waals surface area contributed by atoms with Crippen molar-refractivity contribution in [3.8, 4) is 11.1 Å². The van der Waals surface area contributed by atoms with E-state index in [9.17, 15) is 0 Å². The molecule has 0 atom stereocenters. The molecule has 2 heterocycles. The Morgan fingerprint density at radius 1 is 0.800 bits per heavy atom. The van der Waals surface area contributed by atoms with E-state index in [2.05, 4.69) is 42.5 Å². The number of nitrogens with zero attached hydrogens (tertiary/aromatic N) is 2. The highest BCUT2D eigenvalue weighted by Crippen LogP contribution is 2.34. The van der Waals surface area contributed by atoms with Crippen molar-refractivity contribution in [2.45, 2.75) is 12.8 Å². The van der Waals surface area contributed by atoms with Crippen molar-refractivity contribution in [2.75, 3.05) is 0 Å². The second-order valence-corrected chi connectivity index (χ2v) is 5.40. The lowest BCUT2D eigenvalue weighted by molar-refractivity contribution is 0.947. The van der Waals surface area contributed by atoms with Crippen LogP contribution < -0.4 is 10.7 Å². The smallest absolute Gasteiger partial charge is 0.0979 e. The Balaban J connectivity index is 1.87. The van der Waals surface area contributed by atoms with Crippen molar-refractivity contribution in [2.24, 2.45) is 9.98 Å². The predicted octanol–water partition coefficient (Wildman–Crippen LogP) is 3.31. The van der Waals surface area contributed by atoms with Crippen molar-refractivity contribution < 1.29 is 0 Å². The molecule has 0 bridgehead atoms. The molecule has 2 aromatic carbocycles. The van der Waals surface area contributed by atoms with Gasteiger partial charge in [-0.1, -0.05) is 42.5 Å². The van der Waals surface area contributed by atoms with E-state index < -0.39 is 0 Å². The monoisotopic (exact) mass is 256 g/mol. The minimum Gasteiger partial charge on any atom is -0.250 e. The maximum atomic E-state index is 4.86. The first kappa shape index (κ1) is 10.3. The van der Waals surface area contributed by atoms with E-state index in [0.29, 0.717) is 0 Å². The number of para-hydroxylation sites is 1. The fourth-order valence-electron chi connectivity index (χ4n) is 3.31. The zero-order valence-electron chi connectivity index (χ0n) is 10.9. The summed E-state index contributed by atoms with van der Waals surface area (Å²) < 4.78 is 0. The number of hydrogen-bond acceptors (Lipinski definition) is 2. The minimum atomic E-state index is 1.04. The molecule has 94 valence electrons. The summed E-state index contributed by atoms with van der Waals surface area (Å²) in [5.74, 6) is 0. The molecule has 0 fully saturated rings. The first-order chi connectivity index (χ1) is 9.92. The van der Waals surface area contributed by atoms with Gasteiger partial charge in [0.1, 0.15) is 0 Å². The number of hydrogen-bond donors (Lipinski definition) is 0. The van der Waals surface area contributed by atoms with Crippen LogP contribution in [-0.4, -0.2) is 0 Å². The van der Waals surface area contributed by atoms with Gasteiger partial charge >= 0.3 is 0 Å². The average Bonchev–Trinajstić information content (AvgIpc) is 3.05. The van der Waals surface area contributed by atoms with Crippen LogP contribution in [0.4, 0.5) is 5.69 Å². The van der Waals surface area contributed by atoms with E-state index in [4.69, 9.17) is 9.98 Å². The maximum absolute atomic E-state index is 4.86. The molecule has 0 radical (unpaired) electrons. The molecular weight excluding hydrogens is 244 g/mol. The largest absolute Gasteiger partial charge is 0.250 e. The van der Waals surface area contributed by atoms with Gasteiger partial charge < -0.3 is 0 Å². The lowest BCUT2D eigenvalue weighted by Crippen LogP contribution is -2.27. The number of allylic oxidation sites excluding steroid dienone is 4. The van der Waals surface area contributed by atoms with Crippen LogP contribution in [0.2, 0.25) is 0 Å². The van der Waals surface area contributed by atoms with Gasteiger partial charge in [0.2, 0.25) is 0 Å². The summed E-state index contributed by atoms with van der Waals surface area (Å²) in [7, 11) is 0. The zero-order chi connectivity index (χ0) is 13.1. The van der Waals surface area contributed by atoms with Crippen molar-refractivity contribution in [1.29, 1.82) is 0 Å². The van der Waals surface area contributed by atoms with Gasteiger partial charge in [0, 0.05) is 28.0 Å². The Kier molecular flexibility index (Phi) is 1.83. The fraction of sp³-hybridized carbons (Fsp3) is 0.111. The van der Waals surface area contributed by atoms with Crippen LogP contribution in [-0.2, 0) is 0 Å². The topological polar surface area (TPSA) is 24.7 Å². The summed E-state index contributed by atoms with van der Waals surface area (Å²) in [6.45, 7) is 0. The van der Waals surface area contributed by atoms with Gasteiger partial charge in [0.25, 0.3) is 0 Å². The highest BCUT2D eigenvalue weighted by Gasteiger charge is 2.22. The van der Waals surface area contributed by atoms with Crippen LogP contribution in [0.15, 0.2) is 64.2 Å². The van der Waals surface area contributed by atoms with Crippen molar-refractivity contribution in [3.63, 3.8) is 0 Å². The normalized spacial score (nSPS) is 17.0. The maximum Gasteiger partial charge on any atom is 0.0979 e. The molecule has 0 unspecified atom stereocenters. The molecule has 3 aliphatic rings. The summed E-state index contributed by atoms with van der Waals surface area (Å²) in [6, 6.07) is 12.7. The quantitative estimate of drug-likeness (QED) is 0.589. The first-order valence-electron chi connectivity index (χ1n) is 7.02. The summed E-state index contributed by atoms with van der Waals surface area (Å²) in [5.41, 5.74) is 7.26. The van der Waals surface area contributed by atoms with Gasteiger partial charge in [-0.3, -0.25) is 0 Å². The molecule has 0 N–H and O–H groups in total. The molecule has 2 heteroatoms. The molecule has 0 spiro atoms. The third kappa shape index (κ3) is 1.19. The Morgan fingerprint density at radius 2 is 1.65 bits per heavy atom. The fourth-order valence-corrected chi connectivity index (χ4v) is 3.31. The van der Waals surface area contributed by atoms with Crippen LogP contribution in [0.3, 0.4) is 0 Å². The van der Waals surface area contributed by atoms with Crippen LogP contribution in [0.5, 0.6) is 0 Å². The SMILES string of the molecule is C1=CC2=C(CC1)N=c1c2ccc2c1=Nc1ccccc1-2. The van der Waals surface area contributed by atoms with Crippen LogP contribution in [0.1, 0.15) is 18.4 Å². The summed E-state index contributed by atoms with van der Waals surface area (Å²) in [6.07, 6.45) is 6.59. The second-order valence-electron chi connectivity index (χ2n) is 5.40. The number of rotatable bonds is 0. The standard InChI is InChI=1S/C18H12N2/c1-3-7-15-11(5-1)13-9-10-14-12-6-2-4-8-16(12)20-18(14)17(13)19-15/h1-3,5-7,9-10H,4,8H2. The Labute approximate surface area is 116 Å². The Morgan fingerprint density at radius 3 is 2.65 bits per heavy atom. The van der Waals surface area contributed by atoms with Gasteiger partial charge in [0.05, 0.1) is 16.4 Å². The van der Waals surface area contributed by atoms with E-state index >= 15 is 0 Å². The van der Waals surface area contributed by atoms with Crippen LogP contribution >= 0.6 is 0 Å². The first-order valence-corrected chi connectivity index (χ1v) is 7.02. The number of fused-ring (bicyclic) bond motifs is 6. The average molecular weight is 256 g/mol. The number of benzene rings is 2. The van der Waals surface area contributed by atoms with Gasteiger partial charge in [-0.2, -0.15) is 0 Å². The molecular formula is C18H12N2. The molecule has 2 nitrogen and oxygen atoms in total. The summed E-state index contributed by atoms with van der Waals surface area (Å²) >= 11 is 0. The van der Waals surface area contributed by atoms with E-state index in [1.54, 1.807) is 0 Å². The third-order valence-corrected chi connectivity index (χ3v) is 4.26. The second kappa shape index (κ2) is 3.54. The van der Waals surface area contributed by atoms with Gasteiger partial charge in [-0.05, 0) is 18.9 Å². The molecule has 0 aromatic heterocycles. The van der Waals surface area contributed by atoms with E-state index in [-0.39, 0.29) is 0 Å². The zero-order valence-corrected chi connectivity index (χ0v) is 10.9. The molecule has 20 heavy (non-hydrogen) atoms. The molecule has 2 aliphatic heterocycles. The van der Waals surface area contributed by atoms with Crippen LogP contribution in [0, 0.1) is 0 Å². The molecule has 0 saturated carbocycles. The third-order valence-electron chi connectivity index (χ3n) is 4.26. The minimum absolute atomic E-state index is 1.04.